The largest absolute Gasteiger partial charge is 0.524 e. The fourth-order valence-electron chi connectivity index (χ4n) is 2.07. The molecule has 0 heterocycles. The van der Waals surface area contributed by atoms with E-state index < -0.39 is 19.5 Å². The number of phenolic OH excluding ortho intramolecular Hbond substituents is 2. The lowest BCUT2D eigenvalue weighted by atomic mass is 9.92. The van der Waals surface area contributed by atoms with E-state index in [1.54, 1.807) is 19.1 Å². The van der Waals surface area contributed by atoms with Crippen molar-refractivity contribution in [1.29, 1.82) is 0 Å². The molecule has 0 aliphatic carbocycles. The Morgan fingerprint density at radius 3 is 2.17 bits per heavy atom. The molecule has 0 amide bonds. The Labute approximate surface area is 132 Å². The first kappa shape index (κ1) is 17.0. The summed E-state index contributed by atoms with van der Waals surface area (Å²) in [5, 5.41) is 18.8. The number of Topliss-reactive ketones (excluding diaryl/α,β-unsaturated/α-hetero) is 1. The molecule has 0 fully saturated rings. The number of aromatic hydroxyl groups is 2. The molecular formula is C15H15O7P. The lowest BCUT2D eigenvalue weighted by molar-refractivity contribution is 0.0963. The van der Waals surface area contributed by atoms with Gasteiger partial charge < -0.3 is 14.7 Å². The van der Waals surface area contributed by atoms with Gasteiger partial charge in [-0.3, -0.25) is 14.6 Å². The maximum atomic E-state index is 12.6. The fraction of sp³-hybridized carbons (Fsp3) is 0.133. The van der Waals surface area contributed by atoms with Crippen LogP contribution in [-0.2, 0) is 4.57 Å². The molecule has 0 radical (unpaired) electrons. The van der Waals surface area contributed by atoms with Gasteiger partial charge in [0.2, 0.25) is 0 Å². The molecular weight excluding hydrogens is 323 g/mol. The highest BCUT2D eigenvalue weighted by Crippen LogP contribution is 2.41. The van der Waals surface area contributed by atoms with E-state index in [1.165, 1.54) is 12.1 Å². The molecule has 2 rings (SSSR count). The molecule has 0 aliphatic rings. The van der Waals surface area contributed by atoms with E-state index >= 15 is 0 Å². The van der Waals surface area contributed by atoms with Crippen molar-refractivity contribution in [1.82, 2.24) is 0 Å². The van der Waals surface area contributed by atoms with E-state index in [1.807, 2.05) is 0 Å². The second kappa shape index (κ2) is 6.42. The van der Waals surface area contributed by atoms with E-state index in [0.29, 0.717) is 5.56 Å². The fourth-order valence-corrected chi connectivity index (χ4v) is 2.48. The van der Waals surface area contributed by atoms with E-state index in [4.69, 9.17) is 9.79 Å². The molecule has 2 aromatic rings. The van der Waals surface area contributed by atoms with Crippen molar-refractivity contribution in [2.75, 3.05) is 0 Å². The summed E-state index contributed by atoms with van der Waals surface area (Å²) >= 11 is 0. The van der Waals surface area contributed by atoms with E-state index in [2.05, 4.69) is 4.52 Å². The number of phosphoric acid groups is 1. The quantitative estimate of drug-likeness (QED) is 0.488. The Morgan fingerprint density at radius 1 is 1.04 bits per heavy atom. The zero-order valence-electron chi connectivity index (χ0n) is 12.1. The van der Waals surface area contributed by atoms with Crippen LogP contribution in [0.15, 0.2) is 42.5 Å². The molecule has 0 saturated heterocycles. The molecule has 0 spiro atoms. The normalized spacial score (nSPS) is 12.7. The van der Waals surface area contributed by atoms with Gasteiger partial charge >= 0.3 is 7.82 Å². The molecule has 0 aliphatic heterocycles. The van der Waals surface area contributed by atoms with Gasteiger partial charge in [0.05, 0.1) is 5.56 Å². The predicted molar refractivity (Wildman–Crippen MR) is 81.6 cm³/mol. The van der Waals surface area contributed by atoms with Crippen LogP contribution in [0.25, 0.3) is 0 Å². The van der Waals surface area contributed by atoms with Gasteiger partial charge in [0.25, 0.3) is 0 Å². The molecule has 0 saturated carbocycles. The molecule has 2 aromatic carbocycles. The number of phosphoric ester groups is 1. The molecule has 0 bridgehead atoms. The molecule has 1 atom stereocenters. The predicted octanol–water partition coefficient (Wildman–Crippen LogP) is 2.56. The van der Waals surface area contributed by atoms with Crippen molar-refractivity contribution in [3.8, 4) is 17.2 Å². The summed E-state index contributed by atoms with van der Waals surface area (Å²) in [6.07, 6.45) is 0. The molecule has 23 heavy (non-hydrogen) atoms. The second-order valence-corrected chi connectivity index (χ2v) is 6.10. The number of carbonyl (C=O) groups is 1. The van der Waals surface area contributed by atoms with Gasteiger partial charge in [0, 0.05) is 5.92 Å². The number of rotatable bonds is 5. The molecule has 122 valence electrons. The van der Waals surface area contributed by atoms with Crippen LogP contribution in [0.3, 0.4) is 0 Å². The van der Waals surface area contributed by atoms with Crippen LogP contribution < -0.4 is 4.52 Å². The number of phenols is 2. The monoisotopic (exact) mass is 338 g/mol. The van der Waals surface area contributed by atoms with Crippen molar-refractivity contribution < 1.29 is 33.9 Å². The highest BCUT2D eigenvalue weighted by Gasteiger charge is 2.25. The van der Waals surface area contributed by atoms with Crippen molar-refractivity contribution in [2.45, 2.75) is 12.8 Å². The molecule has 7 nitrogen and oxygen atoms in total. The van der Waals surface area contributed by atoms with E-state index in [-0.39, 0.29) is 22.8 Å². The molecule has 0 aromatic heterocycles. The minimum absolute atomic E-state index is 0.0521. The summed E-state index contributed by atoms with van der Waals surface area (Å²) in [5.74, 6) is -1.65. The standard InChI is InChI=1S/C15H15O7P/c1-9(10-2-4-11(16)5-3-10)15(18)13-8-12(17)6-7-14(13)22-23(19,20)21/h2-9,16-17H,1H3,(H2,19,20,21). The van der Waals surface area contributed by atoms with E-state index in [0.717, 1.165) is 18.2 Å². The zero-order valence-corrected chi connectivity index (χ0v) is 13.0. The van der Waals surface area contributed by atoms with Crippen LogP contribution in [0, 0.1) is 0 Å². The lowest BCUT2D eigenvalue weighted by Crippen LogP contribution is -2.11. The van der Waals surface area contributed by atoms with Crippen LogP contribution in [-0.4, -0.2) is 25.8 Å². The van der Waals surface area contributed by atoms with Crippen molar-refractivity contribution in [2.24, 2.45) is 0 Å². The molecule has 8 heteroatoms. The third kappa shape index (κ3) is 4.32. The zero-order chi connectivity index (χ0) is 17.2. The first-order valence-corrected chi connectivity index (χ1v) is 8.12. The lowest BCUT2D eigenvalue weighted by Gasteiger charge is -2.15. The van der Waals surface area contributed by atoms with Gasteiger partial charge in [-0.2, -0.15) is 0 Å². The molecule has 1 unspecified atom stereocenters. The SMILES string of the molecule is CC(C(=O)c1cc(O)ccc1OP(=O)(O)O)c1ccc(O)cc1. The van der Waals surface area contributed by atoms with Crippen LogP contribution in [0.1, 0.15) is 28.8 Å². The average Bonchev–Trinajstić information content (AvgIpc) is 2.47. The average molecular weight is 338 g/mol. The summed E-state index contributed by atoms with van der Waals surface area (Å²) in [7, 11) is -4.85. The third-order valence-electron chi connectivity index (χ3n) is 3.23. The summed E-state index contributed by atoms with van der Waals surface area (Å²) in [6.45, 7) is 1.60. The summed E-state index contributed by atoms with van der Waals surface area (Å²) in [5.41, 5.74) is 0.451. The second-order valence-electron chi connectivity index (χ2n) is 4.94. The Bertz CT molecular complexity index is 764. The van der Waals surface area contributed by atoms with Gasteiger partial charge in [-0.15, -0.1) is 0 Å². The Kier molecular flexibility index (Phi) is 4.75. The van der Waals surface area contributed by atoms with Crippen molar-refractivity contribution >= 4 is 13.6 Å². The summed E-state index contributed by atoms with van der Waals surface area (Å²) in [4.78, 5) is 30.4. The first-order chi connectivity index (χ1) is 10.7. The highest BCUT2D eigenvalue weighted by molar-refractivity contribution is 7.46. The third-order valence-corrected chi connectivity index (χ3v) is 3.67. The summed E-state index contributed by atoms with van der Waals surface area (Å²) < 4.78 is 15.5. The number of carbonyl (C=O) groups excluding carboxylic acids is 1. The van der Waals surface area contributed by atoms with Crippen LogP contribution >= 0.6 is 7.82 Å². The smallest absolute Gasteiger partial charge is 0.508 e. The highest BCUT2D eigenvalue weighted by atomic mass is 31.2. The minimum atomic E-state index is -4.85. The van der Waals surface area contributed by atoms with Gasteiger partial charge in [-0.25, -0.2) is 4.57 Å². The number of hydrogen-bond acceptors (Lipinski definition) is 5. The maximum Gasteiger partial charge on any atom is 0.524 e. The number of benzene rings is 2. The van der Waals surface area contributed by atoms with Crippen molar-refractivity contribution in [3.63, 3.8) is 0 Å². The maximum absolute atomic E-state index is 12.6. The topological polar surface area (TPSA) is 124 Å². The Balaban J connectivity index is 2.39. The van der Waals surface area contributed by atoms with Crippen LogP contribution in [0.4, 0.5) is 0 Å². The number of hydrogen-bond donors (Lipinski definition) is 4. The van der Waals surface area contributed by atoms with Crippen LogP contribution in [0.5, 0.6) is 17.2 Å². The van der Waals surface area contributed by atoms with Crippen molar-refractivity contribution in [3.05, 3.63) is 53.6 Å². The Hall–Kier alpha value is -2.34. The van der Waals surface area contributed by atoms with Crippen LogP contribution in [0.2, 0.25) is 0 Å². The van der Waals surface area contributed by atoms with Gasteiger partial charge in [0.15, 0.2) is 5.78 Å². The molecule has 4 N–H and O–H groups in total. The minimum Gasteiger partial charge on any atom is -0.508 e. The summed E-state index contributed by atoms with van der Waals surface area (Å²) in [6, 6.07) is 9.33. The van der Waals surface area contributed by atoms with Gasteiger partial charge in [-0.1, -0.05) is 19.1 Å². The Morgan fingerprint density at radius 2 is 1.61 bits per heavy atom. The number of ketones is 1. The van der Waals surface area contributed by atoms with Gasteiger partial charge in [0.1, 0.15) is 17.2 Å². The first-order valence-electron chi connectivity index (χ1n) is 6.58. The van der Waals surface area contributed by atoms with E-state index in [9.17, 15) is 19.6 Å². The van der Waals surface area contributed by atoms with Gasteiger partial charge in [-0.05, 0) is 35.9 Å².